The molecule has 2 aliphatic rings. The largest absolute Gasteiger partial charge is 0.480 e. The molecule has 1 amide bonds. The Morgan fingerprint density at radius 3 is 2.33 bits per heavy atom. The predicted octanol–water partition coefficient (Wildman–Crippen LogP) is 2.76. The highest BCUT2D eigenvalue weighted by Crippen LogP contribution is 2.55. The van der Waals surface area contributed by atoms with E-state index in [-0.39, 0.29) is 28.8 Å². The Morgan fingerprint density at radius 2 is 1.74 bits per heavy atom. The molecule has 27 heavy (non-hydrogen) atoms. The number of hydrogen-bond acceptors (Lipinski definition) is 3. The minimum atomic E-state index is -4.99. The van der Waals surface area contributed by atoms with Gasteiger partial charge in [0.05, 0.1) is 0 Å². The minimum absolute atomic E-state index is 0.0878. The van der Waals surface area contributed by atoms with Crippen LogP contribution in [-0.4, -0.2) is 45.8 Å². The summed E-state index contributed by atoms with van der Waals surface area (Å²) in [7, 11) is 0. The van der Waals surface area contributed by atoms with E-state index in [4.69, 9.17) is 5.11 Å². The summed E-state index contributed by atoms with van der Waals surface area (Å²) < 4.78 is 41.4. The van der Waals surface area contributed by atoms with E-state index >= 15 is 0 Å². The Bertz CT molecular complexity index is 972. The summed E-state index contributed by atoms with van der Waals surface area (Å²) in [5.74, 6) is -1.83. The molecular weight excluding hydrogens is 363 g/mol. The van der Waals surface area contributed by atoms with Crippen LogP contribution in [0, 0.1) is 0 Å². The highest BCUT2D eigenvalue weighted by Gasteiger charge is 2.60. The summed E-state index contributed by atoms with van der Waals surface area (Å²) in [5, 5.41) is 19.7. The standard InChI is InChI=1S/C19H14F3NO4/c20-19(21,22)18(27)13-4-2-1-3-11(13)12-6-5-10(9-14(12)18)16(24)23-8-7-15(23)17(25)26/h1-6,9,15,27H,7-8H2,(H,25,26). The molecule has 0 saturated carbocycles. The second-order valence-corrected chi connectivity index (χ2v) is 6.66. The fourth-order valence-corrected chi connectivity index (χ4v) is 3.75. The molecule has 8 heteroatoms. The van der Waals surface area contributed by atoms with E-state index in [1.807, 2.05) is 0 Å². The maximum absolute atomic E-state index is 13.8. The lowest BCUT2D eigenvalue weighted by atomic mass is 9.89. The summed E-state index contributed by atoms with van der Waals surface area (Å²) in [5.41, 5.74) is -3.58. The molecule has 0 bridgehead atoms. The van der Waals surface area contributed by atoms with Crippen LogP contribution in [0.4, 0.5) is 13.2 Å². The molecule has 1 aliphatic carbocycles. The Balaban J connectivity index is 1.83. The first-order valence-corrected chi connectivity index (χ1v) is 8.23. The fraction of sp³-hybridized carbons (Fsp3) is 0.263. The number of aliphatic carboxylic acids is 1. The topological polar surface area (TPSA) is 77.8 Å². The fourth-order valence-electron chi connectivity index (χ4n) is 3.75. The maximum Gasteiger partial charge on any atom is 0.425 e. The summed E-state index contributed by atoms with van der Waals surface area (Å²) in [6, 6.07) is 8.42. The van der Waals surface area contributed by atoms with Crippen molar-refractivity contribution < 1.29 is 33.0 Å². The first-order chi connectivity index (χ1) is 12.7. The maximum atomic E-state index is 13.8. The van der Waals surface area contributed by atoms with Crippen molar-refractivity contribution in [3.05, 3.63) is 59.2 Å². The lowest BCUT2D eigenvalue weighted by molar-refractivity contribution is -0.246. The number of carbonyl (C=O) groups excluding carboxylic acids is 1. The second kappa shape index (κ2) is 5.56. The van der Waals surface area contributed by atoms with Crippen LogP contribution >= 0.6 is 0 Å². The zero-order chi connectivity index (χ0) is 19.6. The number of carbonyl (C=O) groups is 2. The van der Waals surface area contributed by atoms with Gasteiger partial charge in [-0.15, -0.1) is 0 Å². The molecule has 1 heterocycles. The molecule has 4 rings (SSSR count). The van der Waals surface area contributed by atoms with Crippen LogP contribution < -0.4 is 0 Å². The number of rotatable bonds is 2. The Labute approximate surface area is 151 Å². The van der Waals surface area contributed by atoms with Gasteiger partial charge in [0.15, 0.2) is 0 Å². The van der Waals surface area contributed by atoms with Gasteiger partial charge < -0.3 is 15.1 Å². The number of carboxylic acids is 1. The minimum Gasteiger partial charge on any atom is -0.480 e. The Hall–Kier alpha value is -2.87. The van der Waals surface area contributed by atoms with Crippen molar-refractivity contribution in [3.8, 4) is 11.1 Å². The van der Waals surface area contributed by atoms with Crippen LogP contribution in [-0.2, 0) is 10.4 Å². The van der Waals surface area contributed by atoms with E-state index in [1.165, 1.54) is 30.3 Å². The van der Waals surface area contributed by atoms with Crippen LogP contribution in [0.1, 0.15) is 27.9 Å². The van der Waals surface area contributed by atoms with Gasteiger partial charge in [-0.05, 0) is 29.7 Å². The van der Waals surface area contributed by atoms with Crippen molar-refractivity contribution in [1.82, 2.24) is 4.90 Å². The zero-order valence-electron chi connectivity index (χ0n) is 13.8. The molecule has 0 spiro atoms. The zero-order valence-corrected chi connectivity index (χ0v) is 13.8. The summed E-state index contributed by atoms with van der Waals surface area (Å²) in [6.45, 7) is 0.219. The van der Waals surface area contributed by atoms with Gasteiger partial charge in [0.25, 0.3) is 5.91 Å². The normalized spacial score (nSPS) is 23.4. The smallest absolute Gasteiger partial charge is 0.425 e. The number of halogens is 3. The third-order valence-electron chi connectivity index (χ3n) is 5.24. The third-order valence-corrected chi connectivity index (χ3v) is 5.24. The van der Waals surface area contributed by atoms with Gasteiger partial charge in [0, 0.05) is 23.2 Å². The van der Waals surface area contributed by atoms with Gasteiger partial charge in [-0.2, -0.15) is 13.2 Å². The molecule has 5 nitrogen and oxygen atoms in total. The lowest BCUT2D eigenvalue weighted by Crippen LogP contribution is -2.55. The number of alkyl halides is 3. The van der Waals surface area contributed by atoms with E-state index < -0.39 is 35.3 Å². The molecule has 2 aromatic carbocycles. The van der Waals surface area contributed by atoms with Crippen LogP contribution in [0.15, 0.2) is 42.5 Å². The number of hydrogen-bond donors (Lipinski definition) is 2. The number of fused-ring (bicyclic) bond motifs is 3. The highest BCUT2D eigenvalue weighted by atomic mass is 19.4. The van der Waals surface area contributed by atoms with Crippen molar-refractivity contribution in [2.45, 2.75) is 24.2 Å². The van der Waals surface area contributed by atoms with Crippen molar-refractivity contribution >= 4 is 11.9 Å². The number of amides is 1. The molecule has 1 saturated heterocycles. The molecule has 0 aromatic heterocycles. The molecule has 2 aromatic rings. The van der Waals surface area contributed by atoms with Gasteiger partial charge >= 0.3 is 12.1 Å². The molecule has 2 N–H and O–H groups in total. The van der Waals surface area contributed by atoms with Gasteiger partial charge in [-0.1, -0.05) is 30.3 Å². The quantitative estimate of drug-likeness (QED) is 0.844. The van der Waals surface area contributed by atoms with Crippen LogP contribution in [0.2, 0.25) is 0 Å². The SMILES string of the molecule is O=C(O)C1CCN1C(=O)c1ccc2c(c1)C(O)(C(F)(F)F)c1ccccc1-2. The molecule has 140 valence electrons. The molecular formula is C19H14F3NO4. The van der Waals surface area contributed by atoms with E-state index in [2.05, 4.69) is 0 Å². The molecule has 2 unspecified atom stereocenters. The van der Waals surface area contributed by atoms with Crippen LogP contribution in [0.5, 0.6) is 0 Å². The average Bonchev–Trinajstić information content (AvgIpc) is 2.83. The molecule has 0 radical (unpaired) electrons. The van der Waals surface area contributed by atoms with E-state index in [9.17, 15) is 27.9 Å². The van der Waals surface area contributed by atoms with Crippen molar-refractivity contribution in [2.75, 3.05) is 6.54 Å². The summed E-state index contributed by atoms with van der Waals surface area (Å²) in [4.78, 5) is 24.8. The van der Waals surface area contributed by atoms with Gasteiger partial charge in [-0.3, -0.25) is 4.79 Å². The van der Waals surface area contributed by atoms with Gasteiger partial charge in [0.2, 0.25) is 5.60 Å². The summed E-state index contributed by atoms with van der Waals surface area (Å²) >= 11 is 0. The number of aliphatic hydroxyl groups is 1. The number of benzene rings is 2. The summed E-state index contributed by atoms with van der Waals surface area (Å²) in [6.07, 6.45) is -4.69. The Morgan fingerprint density at radius 1 is 1.07 bits per heavy atom. The van der Waals surface area contributed by atoms with E-state index in [1.54, 1.807) is 6.07 Å². The number of likely N-dealkylation sites (tertiary alicyclic amines) is 1. The highest BCUT2D eigenvalue weighted by molar-refractivity contribution is 5.99. The monoisotopic (exact) mass is 377 g/mol. The van der Waals surface area contributed by atoms with Gasteiger partial charge in [0.1, 0.15) is 6.04 Å². The van der Waals surface area contributed by atoms with E-state index in [0.717, 1.165) is 11.0 Å². The van der Waals surface area contributed by atoms with E-state index in [0.29, 0.717) is 6.42 Å². The van der Waals surface area contributed by atoms with Gasteiger partial charge in [-0.25, -0.2) is 4.79 Å². The molecule has 1 fully saturated rings. The third kappa shape index (κ3) is 2.29. The first kappa shape index (κ1) is 17.5. The lowest BCUT2D eigenvalue weighted by Gasteiger charge is -2.38. The predicted molar refractivity (Wildman–Crippen MR) is 88.0 cm³/mol. The van der Waals surface area contributed by atoms with Crippen molar-refractivity contribution in [1.29, 1.82) is 0 Å². The first-order valence-electron chi connectivity index (χ1n) is 8.23. The van der Waals surface area contributed by atoms with Crippen LogP contribution in [0.25, 0.3) is 11.1 Å². The molecule has 2 atom stereocenters. The van der Waals surface area contributed by atoms with Crippen LogP contribution in [0.3, 0.4) is 0 Å². The molecule has 1 aliphatic heterocycles. The average molecular weight is 377 g/mol. The Kier molecular flexibility index (Phi) is 3.61. The number of carboxylic acid groups (broad SMARTS) is 1. The van der Waals surface area contributed by atoms with Crippen molar-refractivity contribution in [3.63, 3.8) is 0 Å². The van der Waals surface area contributed by atoms with Crippen molar-refractivity contribution in [2.24, 2.45) is 0 Å². The number of nitrogens with zero attached hydrogens (tertiary/aromatic N) is 1. The second-order valence-electron chi connectivity index (χ2n) is 6.66.